The number of ketones is 2. The van der Waals surface area contributed by atoms with Gasteiger partial charge in [-0.15, -0.1) is 11.8 Å². The Morgan fingerprint density at radius 1 is 1.15 bits per heavy atom. The largest absolute Gasteiger partial charge is 0.474 e. The van der Waals surface area contributed by atoms with Crippen molar-refractivity contribution in [3.05, 3.63) is 5.76 Å². The smallest absolute Gasteiger partial charge is 0.268 e. The molecule has 6 nitrogen and oxygen atoms in total. The molecular weight excluding hydrogens is 438 g/mol. The van der Waals surface area contributed by atoms with Crippen LogP contribution in [0.4, 0.5) is 0 Å². The summed E-state index contributed by atoms with van der Waals surface area (Å²) in [6, 6.07) is 0. The van der Waals surface area contributed by atoms with Crippen molar-refractivity contribution in [2.24, 2.45) is 29.1 Å². The second-order valence-electron chi connectivity index (χ2n) is 11.8. The highest BCUT2D eigenvalue weighted by Crippen LogP contribution is 2.59. The van der Waals surface area contributed by atoms with Gasteiger partial charge in [0.15, 0.2) is 0 Å². The van der Waals surface area contributed by atoms with E-state index in [0.717, 1.165) is 69.1 Å². The first-order chi connectivity index (χ1) is 15.8. The number of hydrogen-bond acceptors (Lipinski definition) is 7. The second-order valence-corrected chi connectivity index (χ2v) is 13.1. The van der Waals surface area contributed by atoms with Crippen LogP contribution in [0.15, 0.2) is 9.42 Å². The number of carbonyl (C=O) groups excluding carboxylic acids is 2. The summed E-state index contributed by atoms with van der Waals surface area (Å²) in [7, 11) is 0. The predicted molar refractivity (Wildman–Crippen MR) is 123 cm³/mol. The topological polar surface area (TPSA) is 89.6 Å². The summed E-state index contributed by atoms with van der Waals surface area (Å²) in [5.41, 5.74) is -0.884. The van der Waals surface area contributed by atoms with E-state index in [1.54, 1.807) is 18.7 Å². The highest BCUT2D eigenvalue weighted by molar-refractivity contribution is 8.00. The van der Waals surface area contributed by atoms with Crippen LogP contribution in [0, 0.1) is 29.1 Å². The molecule has 4 bridgehead atoms. The summed E-state index contributed by atoms with van der Waals surface area (Å²) in [5.74, 6) is 2.79. The molecule has 0 saturated heterocycles. The van der Waals surface area contributed by atoms with Crippen molar-refractivity contribution in [1.82, 2.24) is 5.16 Å². The minimum absolute atomic E-state index is 0.0218. The Kier molecular flexibility index (Phi) is 5.44. The van der Waals surface area contributed by atoms with E-state index in [2.05, 4.69) is 5.16 Å². The van der Waals surface area contributed by atoms with Crippen molar-refractivity contribution in [3.8, 4) is 5.88 Å². The van der Waals surface area contributed by atoms with Gasteiger partial charge in [-0.2, -0.15) is 0 Å². The molecule has 1 heterocycles. The van der Waals surface area contributed by atoms with Crippen LogP contribution in [0.5, 0.6) is 5.88 Å². The number of Topliss-reactive ketones (excluding diaryl/α,β-unsaturated/α-hetero) is 2. The summed E-state index contributed by atoms with van der Waals surface area (Å²) < 4.78 is 11.7. The summed E-state index contributed by atoms with van der Waals surface area (Å²) in [6.07, 6.45) is 11.7. The molecule has 1 aromatic heterocycles. The summed E-state index contributed by atoms with van der Waals surface area (Å²) in [5, 5.41) is 15.5. The molecule has 0 radical (unpaired) electrons. The van der Waals surface area contributed by atoms with Crippen LogP contribution in [-0.4, -0.2) is 39.3 Å². The first-order valence-corrected chi connectivity index (χ1v) is 13.8. The van der Waals surface area contributed by atoms with E-state index in [1.807, 2.05) is 0 Å². The van der Waals surface area contributed by atoms with Crippen molar-refractivity contribution in [3.63, 3.8) is 0 Å². The zero-order valence-electron chi connectivity index (χ0n) is 19.5. The third kappa shape index (κ3) is 3.87. The van der Waals surface area contributed by atoms with Crippen molar-refractivity contribution < 1.29 is 24.0 Å². The van der Waals surface area contributed by atoms with E-state index < -0.39 is 11.0 Å². The zero-order valence-corrected chi connectivity index (χ0v) is 20.3. The Balaban J connectivity index is 1.19. The van der Waals surface area contributed by atoms with Gasteiger partial charge in [-0.3, -0.25) is 9.59 Å². The van der Waals surface area contributed by atoms with Crippen LogP contribution < -0.4 is 4.74 Å². The van der Waals surface area contributed by atoms with Gasteiger partial charge >= 0.3 is 0 Å². The predicted octanol–water partition coefficient (Wildman–Crippen LogP) is 5.22. The Bertz CT molecular complexity index is 932. The lowest BCUT2D eigenvalue weighted by Gasteiger charge is -2.58. The van der Waals surface area contributed by atoms with Gasteiger partial charge in [0.05, 0.1) is 11.0 Å². The molecule has 6 saturated carbocycles. The number of aromatic nitrogens is 1. The van der Waals surface area contributed by atoms with Crippen LogP contribution in [-0.2, 0) is 4.79 Å². The lowest BCUT2D eigenvalue weighted by atomic mass is 9.49. The van der Waals surface area contributed by atoms with E-state index >= 15 is 0 Å². The lowest BCUT2D eigenvalue weighted by Crippen LogP contribution is -2.54. The molecule has 0 aliphatic heterocycles. The minimum Gasteiger partial charge on any atom is -0.474 e. The third-order valence-corrected chi connectivity index (χ3v) is 11.0. The normalized spacial score (nSPS) is 36.3. The lowest BCUT2D eigenvalue weighted by molar-refractivity contribution is -0.151. The van der Waals surface area contributed by atoms with Crippen molar-refractivity contribution in [2.45, 2.75) is 99.7 Å². The molecule has 33 heavy (non-hydrogen) atoms. The summed E-state index contributed by atoms with van der Waals surface area (Å²) in [4.78, 5) is 26.4. The van der Waals surface area contributed by atoms with Gasteiger partial charge in [0.25, 0.3) is 5.88 Å². The fraction of sp³-hybridized carbons (Fsp3) is 0.808. The number of nitrogens with zero attached hydrogens (tertiary/aromatic N) is 1. The Morgan fingerprint density at radius 3 is 2.42 bits per heavy atom. The third-order valence-electron chi connectivity index (χ3n) is 9.61. The molecule has 6 aliphatic rings. The van der Waals surface area contributed by atoms with Crippen molar-refractivity contribution in [1.29, 1.82) is 0 Å². The molecule has 1 aromatic rings. The SMILES string of the molecule is CC(=O)C1(COc2noc(C(=O)CC3C4CC5CC3CC(O)(C5)C4)c2SC2CCC2)CCC1. The van der Waals surface area contributed by atoms with Gasteiger partial charge in [0.1, 0.15) is 17.3 Å². The Morgan fingerprint density at radius 2 is 1.88 bits per heavy atom. The minimum atomic E-state index is -0.483. The van der Waals surface area contributed by atoms with Crippen LogP contribution in [0.3, 0.4) is 0 Å². The maximum atomic E-state index is 13.5. The van der Waals surface area contributed by atoms with Crippen LogP contribution >= 0.6 is 11.8 Å². The molecule has 7 heteroatoms. The Labute approximate surface area is 199 Å². The number of thioether (sulfide) groups is 1. The maximum absolute atomic E-state index is 13.5. The number of hydrogen-bond donors (Lipinski definition) is 1. The highest BCUT2D eigenvalue weighted by atomic mass is 32.2. The maximum Gasteiger partial charge on any atom is 0.268 e. The molecule has 2 unspecified atom stereocenters. The standard InChI is InChI=1S/C26H35NO5S/c1-15(28)25(6-3-7-25)14-31-24-23(33-19-4-2-5-19)22(32-27-24)21(29)10-20-17-8-16-9-18(20)13-26(30,11-16)12-17/h16-20,30H,2-14H2,1H3. The molecule has 6 aliphatic carbocycles. The molecule has 2 atom stereocenters. The molecule has 6 fully saturated rings. The molecular formula is C26H35NO5S. The number of ether oxygens (including phenoxy) is 1. The average Bonchev–Trinajstić information content (AvgIpc) is 3.08. The van der Waals surface area contributed by atoms with Gasteiger partial charge in [-0.25, -0.2) is 0 Å². The van der Waals surface area contributed by atoms with Crippen molar-refractivity contribution in [2.75, 3.05) is 6.61 Å². The van der Waals surface area contributed by atoms with Gasteiger partial charge in [-0.1, -0.05) is 12.8 Å². The van der Waals surface area contributed by atoms with Gasteiger partial charge < -0.3 is 14.4 Å². The van der Waals surface area contributed by atoms with Gasteiger partial charge in [0.2, 0.25) is 11.5 Å². The fourth-order valence-corrected chi connectivity index (χ4v) is 8.79. The molecule has 7 rings (SSSR count). The number of aliphatic hydroxyl groups is 1. The molecule has 0 aromatic carbocycles. The van der Waals surface area contributed by atoms with Crippen molar-refractivity contribution >= 4 is 23.3 Å². The average molecular weight is 474 g/mol. The summed E-state index contributed by atoms with van der Waals surface area (Å²) in [6.45, 7) is 1.96. The van der Waals surface area contributed by atoms with E-state index in [4.69, 9.17) is 9.26 Å². The van der Waals surface area contributed by atoms with E-state index in [1.165, 1.54) is 6.42 Å². The fourth-order valence-electron chi connectivity index (χ4n) is 7.43. The zero-order chi connectivity index (χ0) is 22.8. The Hall–Kier alpha value is -1.34. The molecule has 180 valence electrons. The second kappa shape index (κ2) is 8.11. The number of carbonyl (C=O) groups is 2. The molecule has 0 spiro atoms. The van der Waals surface area contributed by atoms with Gasteiger partial charge in [-0.05, 0) is 93.5 Å². The molecule has 0 amide bonds. The highest BCUT2D eigenvalue weighted by Gasteiger charge is 2.55. The molecule has 1 N–H and O–H groups in total. The van der Waals surface area contributed by atoms with E-state index in [-0.39, 0.29) is 11.6 Å². The monoisotopic (exact) mass is 473 g/mol. The van der Waals surface area contributed by atoms with Crippen LogP contribution in [0.1, 0.15) is 94.5 Å². The first-order valence-electron chi connectivity index (χ1n) is 12.9. The van der Waals surface area contributed by atoms with E-state index in [0.29, 0.717) is 53.6 Å². The van der Waals surface area contributed by atoms with E-state index in [9.17, 15) is 14.7 Å². The quantitative estimate of drug-likeness (QED) is 0.492. The first kappa shape index (κ1) is 22.1. The van der Waals surface area contributed by atoms with Gasteiger partial charge in [0, 0.05) is 11.7 Å². The van der Waals surface area contributed by atoms with Crippen LogP contribution in [0.2, 0.25) is 0 Å². The number of rotatable bonds is 9. The summed E-state index contributed by atoms with van der Waals surface area (Å²) >= 11 is 1.67. The van der Waals surface area contributed by atoms with Crippen LogP contribution in [0.25, 0.3) is 0 Å².